The van der Waals surface area contributed by atoms with Crippen molar-refractivity contribution in [2.24, 2.45) is 5.73 Å². The monoisotopic (exact) mass is 499 g/mol. The van der Waals surface area contributed by atoms with E-state index in [-0.39, 0.29) is 19.1 Å². The third kappa shape index (κ3) is 12.3. The molecule has 4 unspecified atom stereocenters. The van der Waals surface area contributed by atoms with Gasteiger partial charge in [0.2, 0.25) is 0 Å². The number of benzene rings is 1. The van der Waals surface area contributed by atoms with Crippen molar-refractivity contribution in [1.82, 2.24) is 10.2 Å². The highest BCUT2D eigenvalue weighted by Crippen LogP contribution is 2.09. The highest BCUT2D eigenvalue weighted by molar-refractivity contribution is 5.94. The molecule has 11 heteroatoms. The summed E-state index contributed by atoms with van der Waals surface area (Å²) in [6, 6.07) is 6.88. The molecule has 0 fully saturated rings. The highest BCUT2D eigenvalue weighted by Gasteiger charge is 2.31. The Balaban J connectivity index is 2.59. The van der Waals surface area contributed by atoms with Crippen molar-refractivity contribution in [3.05, 3.63) is 35.4 Å². The van der Waals surface area contributed by atoms with Gasteiger partial charge in [-0.05, 0) is 30.7 Å². The predicted molar refractivity (Wildman–Crippen MR) is 130 cm³/mol. The zero-order valence-corrected chi connectivity index (χ0v) is 20.4. The Morgan fingerprint density at radius 1 is 1.00 bits per heavy atom. The second-order valence-electron chi connectivity index (χ2n) is 8.53. The molecule has 35 heavy (non-hydrogen) atoms. The number of nitrogens with one attached hydrogen (secondary N) is 1. The van der Waals surface area contributed by atoms with E-state index in [1.807, 2.05) is 4.90 Å². The minimum Gasteiger partial charge on any atom is -0.449 e. The zero-order valence-electron chi connectivity index (χ0n) is 20.4. The Bertz CT molecular complexity index is 734. The molecular formula is C24H41N3O8. The van der Waals surface area contributed by atoms with Crippen LogP contribution in [0, 0.1) is 0 Å². The summed E-state index contributed by atoms with van der Waals surface area (Å²) in [6.45, 7) is 2.88. The van der Waals surface area contributed by atoms with Crippen LogP contribution < -0.4 is 11.1 Å². The standard InChI is InChI=1S/C24H41N3O8/c1-2-3-4-5-12-27(15-19(29)21(31)22(32)20(30)16-28)13-11-26-23(33)18-8-6-17(7-9-18)10-14-35-24(25)34/h6-9,19-22,28-32H,2-5,10-16H2,1H3,(H2,25,34)(H,26,33). The lowest BCUT2D eigenvalue weighted by molar-refractivity contribution is -0.119. The van der Waals surface area contributed by atoms with E-state index in [1.54, 1.807) is 24.3 Å². The van der Waals surface area contributed by atoms with Crippen molar-refractivity contribution in [2.75, 3.05) is 39.4 Å². The van der Waals surface area contributed by atoms with Crippen molar-refractivity contribution >= 4 is 12.0 Å². The van der Waals surface area contributed by atoms with E-state index in [0.29, 0.717) is 31.6 Å². The molecule has 1 rings (SSSR count). The molecule has 2 amide bonds. The highest BCUT2D eigenvalue weighted by atomic mass is 16.5. The molecule has 1 aromatic carbocycles. The number of primary amides is 1. The molecule has 0 aliphatic rings. The summed E-state index contributed by atoms with van der Waals surface area (Å²) in [4.78, 5) is 25.0. The number of rotatable bonds is 18. The molecule has 1 aromatic rings. The zero-order chi connectivity index (χ0) is 26.2. The maximum Gasteiger partial charge on any atom is 0.404 e. The molecule has 0 aliphatic heterocycles. The van der Waals surface area contributed by atoms with Crippen molar-refractivity contribution < 1.29 is 39.9 Å². The van der Waals surface area contributed by atoms with Crippen molar-refractivity contribution in [2.45, 2.75) is 63.4 Å². The normalized spacial score (nSPS) is 14.8. The van der Waals surface area contributed by atoms with Crippen LogP contribution in [0.15, 0.2) is 24.3 Å². The van der Waals surface area contributed by atoms with Crippen LogP contribution in [0.5, 0.6) is 0 Å². The number of unbranched alkanes of at least 4 members (excludes halogenated alkanes) is 3. The lowest BCUT2D eigenvalue weighted by Gasteiger charge is -2.30. The average Bonchev–Trinajstić information content (AvgIpc) is 2.84. The molecule has 11 nitrogen and oxygen atoms in total. The fourth-order valence-corrected chi connectivity index (χ4v) is 3.51. The first-order valence-corrected chi connectivity index (χ1v) is 12.0. The topological polar surface area (TPSA) is 186 Å². The molecule has 0 spiro atoms. The second-order valence-corrected chi connectivity index (χ2v) is 8.53. The van der Waals surface area contributed by atoms with Crippen molar-refractivity contribution in [3.63, 3.8) is 0 Å². The quantitative estimate of drug-likeness (QED) is 0.129. The second kappa shape index (κ2) is 17.2. The Morgan fingerprint density at radius 3 is 2.26 bits per heavy atom. The van der Waals surface area contributed by atoms with Gasteiger partial charge < -0.3 is 41.3 Å². The van der Waals surface area contributed by atoms with Crippen LogP contribution in [-0.2, 0) is 11.2 Å². The van der Waals surface area contributed by atoms with Crippen LogP contribution in [0.1, 0.15) is 48.5 Å². The van der Waals surface area contributed by atoms with Gasteiger partial charge in [0.25, 0.3) is 5.91 Å². The van der Waals surface area contributed by atoms with Gasteiger partial charge in [-0.25, -0.2) is 4.79 Å². The van der Waals surface area contributed by atoms with E-state index < -0.39 is 37.1 Å². The Hall–Kier alpha value is -2.28. The van der Waals surface area contributed by atoms with Crippen LogP contribution in [0.3, 0.4) is 0 Å². The minimum atomic E-state index is -1.68. The summed E-state index contributed by atoms with van der Waals surface area (Å²) in [7, 11) is 0. The number of amides is 2. The largest absolute Gasteiger partial charge is 0.449 e. The van der Waals surface area contributed by atoms with Gasteiger partial charge in [-0.1, -0.05) is 38.3 Å². The van der Waals surface area contributed by atoms with Gasteiger partial charge in [-0.3, -0.25) is 9.69 Å². The molecule has 0 saturated carbocycles. The summed E-state index contributed by atoms with van der Waals surface area (Å²) in [5, 5.41) is 51.6. The van der Waals surface area contributed by atoms with Gasteiger partial charge in [0.1, 0.15) is 18.3 Å². The first-order chi connectivity index (χ1) is 16.7. The number of carbonyl (C=O) groups excluding carboxylic acids is 2. The van der Waals surface area contributed by atoms with E-state index in [1.165, 1.54) is 0 Å². The number of aliphatic hydroxyl groups excluding tert-OH is 5. The van der Waals surface area contributed by atoms with Gasteiger partial charge >= 0.3 is 6.09 Å². The van der Waals surface area contributed by atoms with Crippen LogP contribution in [0.25, 0.3) is 0 Å². The van der Waals surface area contributed by atoms with Crippen LogP contribution in [0.2, 0.25) is 0 Å². The van der Waals surface area contributed by atoms with E-state index in [2.05, 4.69) is 12.2 Å². The number of hydrogen-bond acceptors (Lipinski definition) is 9. The number of hydrogen-bond donors (Lipinski definition) is 7. The van der Waals surface area contributed by atoms with Crippen LogP contribution >= 0.6 is 0 Å². The maximum absolute atomic E-state index is 12.5. The maximum atomic E-state index is 12.5. The average molecular weight is 500 g/mol. The Morgan fingerprint density at radius 2 is 1.66 bits per heavy atom. The fourth-order valence-electron chi connectivity index (χ4n) is 3.51. The summed E-state index contributed by atoms with van der Waals surface area (Å²) in [5.74, 6) is -0.266. The summed E-state index contributed by atoms with van der Waals surface area (Å²) >= 11 is 0. The van der Waals surface area contributed by atoms with E-state index in [4.69, 9.17) is 15.6 Å². The summed E-state index contributed by atoms with van der Waals surface area (Å²) < 4.78 is 4.70. The van der Waals surface area contributed by atoms with E-state index in [0.717, 1.165) is 31.2 Å². The molecule has 0 radical (unpaired) electrons. The number of aliphatic hydroxyl groups is 5. The molecule has 0 aromatic heterocycles. The number of ether oxygens (including phenoxy) is 1. The molecule has 8 N–H and O–H groups in total. The third-order valence-electron chi connectivity index (χ3n) is 5.66. The van der Waals surface area contributed by atoms with Crippen LogP contribution in [0.4, 0.5) is 4.79 Å². The number of nitrogens with zero attached hydrogens (tertiary/aromatic N) is 1. The van der Waals surface area contributed by atoms with Gasteiger partial charge in [0.15, 0.2) is 0 Å². The first kappa shape index (κ1) is 30.8. The van der Waals surface area contributed by atoms with Crippen molar-refractivity contribution in [3.8, 4) is 0 Å². The molecule has 0 heterocycles. The molecular weight excluding hydrogens is 458 g/mol. The van der Waals surface area contributed by atoms with E-state index >= 15 is 0 Å². The van der Waals surface area contributed by atoms with Crippen molar-refractivity contribution in [1.29, 1.82) is 0 Å². The van der Waals surface area contributed by atoms with Gasteiger partial charge in [-0.2, -0.15) is 0 Å². The predicted octanol–water partition coefficient (Wildman–Crippen LogP) is -0.628. The SMILES string of the molecule is CCCCCCN(CCNC(=O)c1ccc(CCOC(N)=O)cc1)CC(O)C(O)C(O)C(O)CO. The lowest BCUT2D eigenvalue weighted by atomic mass is 10.0. The summed E-state index contributed by atoms with van der Waals surface area (Å²) in [5.41, 5.74) is 6.29. The molecule has 0 bridgehead atoms. The molecule has 200 valence electrons. The molecule has 0 saturated heterocycles. The van der Waals surface area contributed by atoms with Gasteiger partial charge in [-0.15, -0.1) is 0 Å². The number of carbonyl (C=O) groups is 2. The van der Waals surface area contributed by atoms with Crippen LogP contribution in [-0.4, -0.2) is 106 Å². The van der Waals surface area contributed by atoms with E-state index in [9.17, 15) is 30.0 Å². The van der Waals surface area contributed by atoms with Gasteiger partial charge in [0, 0.05) is 31.6 Å². The Labute approximate surface area is 206 Å². The Kier molecular flexibility index (Phi) is 15.1. The first-order valence-electron chi connectivity index (χ1n) is 12.0. The smallest absolute Gasteiger partial charge is 0.404 e. The fraction of sp³-hybridized carbons (Fsp3) is 0.667. The lowest BCUT2D eigenvalue weighted by Crippen LogP contribution is -2.50. The number of nitrogens with two attached hydrogens (primary N) is 1. The van der Waals surface area contributed by atoms with Gasteiger partial charge in [0.05, 0.1) is 19.3 Å². The third-order valence-corrected chi connectivity index (χ3v) is 5.66. The molecule has 4 atom stereocenters. The summed E-state index contributed by atoms with van der Waals surface area (Å²) in [6.07, 6.45) is -2.55. The molecule has 0 aliphatic carbocycles. The minimum absolute atomic E-state index is 0.0282.